The Morgan fingerprint density at radius 3 is 2.58 bits per heavy atom. The standard InChI is InChI=1S/C23H28N6O2/c1-15-8-9-16(2)21-19(15)11-17(22(30)24-21)12-28(13-18-7-6-10-31-18)14-20-25-26-27-29(20)23(3,4)5/h6-11H,12-14H2,1-5H3,(H,24,30). The number of hydrogen-bond donors (Lipinski definition) is 1. The van der Waals surface area contributed by atoms with E-state index in [2.05, 4.69) is 59.2 Å². The topological polar surface area (TPSA) is 92.8 Å². The van der Waals surface area contributed by atoms with Crippen LogP contribution in [-0.2, 0) is 25.2 Å². The Hall–Kier alpha value is -3.26. The van der Waals surface area contributed by atoms with E-state index in [1.807, 2.05) is 35.9 Å². The van der Waals surface area contributed by atoms with Crippen LogP contribution < -0.4 is 5.56 Å². The summed E-state index contributed by atoms with van der Waals surface area (Å²) in [5, 5.41) is 13.3. The van der Waals surface area contributed by atoms with Crippen LogP contribution in [0.1, 0.15) is 49.0 Å². The molecule has 4 aromatic rings. The lowest BCUT2D eigenvalue weighted by Crippen LogP contribution is -2.31. The molecule has 31 heavy (non-hydrogen) atoms. The van der Waals surface area contributed by atoms with Gasteiger partial charge in [0, 0.05) is 17.5 Å². The van der Waals surface area contributed by atoms with E-state index in [1.165, 1.54) is 0 Å². The molecular weight excluding hydrogens is 392 g/mol. The lowest BCUT2D eigenvalue weighted by atomic mass is 10.0. The van der Waals surface area contributed by atoms with Gasteiger partial charge in [-0.15, -0.1) is 5.10 Å². The van der Waals surface area contributed by atoms with Crippen LogP contribution in [0.5, 0.6) is 0 Å². The maximum atomic E-state index is 12.9. The second kappa shape index (κ2) is 8.11. The Labute approximate surface area is 180 Å². The Morgan fingerprint density at radius 1 is 1.10 bits per heavy atom. The maximum Gasteiger partial charge on any atom is 0.252 e. The predicted molar refractivity (Wildman–Crippen MR) is 119 cm³/mol. The Balaban J connectivity index is 1.70. The van der Waals surface area contributed by atoms with Crippen molar-refractivity contribution in [1.29, 1.82) is 0 Å². The number of pyridine rings is 1. The summed E-state index contributed by atoms with van der Waals surface area (Å²) in [4.78, 5) is 18.1. The van der Waals surface area contributed by atoms with Crippen LogP contribution in [0.15, 0.2) is 45.8 Å². The molecule has 0 fully saturated rings. The Bertz CT molecular complexity index is 1250. The van der Waals surface area contributed by atoms with E-state index in [0.717, 1.165) is 33.6 Å². The second-order valence-corrected chi connectivity index (χ2v) is 9.01. The summed E-state index contributed by atoms with van der Waals surface area (Å²) < 4.78 is 7.39. The fourth-order valence-corrected chi connectivity index (χ4v) is 3.79. The molecule has 0 aliphatic heterocycles. The maximum absolute atomic E-state index is 12.9. The number of nitrogens with zero attached hydrogens (tertiary/aromatic N) is 5. The number of fused-ring (bicyclic) bond motifs is 1. The number of H-pyrrole nitrogens is 1. The van der Waals surface area contributed by atoms with E-state index in [-0.39, 0.29) is 11.1 Å². The van der Waals surface area contributed by atoms with Crippen molar-refractivity contribution in [2.75, 3.05) is 0 Å². The van der Waals surface area contributed by atoms with Gasteiger partial charge in [-0.25, -0.2) is 4.68 Å². The highest BCUT2D eigenvalue weighted by atomic mass is 16.3. The van der Waals surface area contributed by atoms with Crippen molar-refractivity contribution in [2.24, 2.45) is 0 Å². The van der Waals surface area contributed by atoms with Gasteiger partial charge >= 0.3 is 0 Å². The molecular formula is C23H28N6O2. The smallest absolute Gasteiger partial charge is 0.252 e. The van der Waals surface area contributed by atoms with E-state index < -0.39 is 0 Å². The van der Waals surface area contributed by atoms with Gasteiger partial charge in [0.05, 0.1) is 30.4 Å². The van der Waals surface area contributed by atoms with Gasteiger partial charge in [0.2, 0.25) is 0 Å². The summed E-state index contributed by atoms with van der Waals surface area (Å²) in [6.45, 7) is 11.7. The minimum absolute atomic E-state index is 0.0824. The van der Waals surface area contributed by atoms with Crippen molar-refractivity contribution in [1.82, 2.24) is 30.1 Å². The number of nitrogens with one attached hydrogen (secondary N) is 1. The number of rotatable bonds is 6. The lowest BCUT2D eigenvalue weighted by molar-refractivity contribution is 0.207. The molecule has 0 amide bonds. The van der Waals surface area contributed by atoms with E-state index >= 15 is 0 Å². The number of aryl methyl sites for hydroxylation is 2. The summed E-state index contributed by atoms with van der Waals surface area (Å²) >= 11 is 0. The molecule has 0 saturated carbocycles. The number of tetrazole rings is 1. The summed E-state index contributed by atoms with van der Waals surface area (Å²) in [7, 11) is 0. The molecule has 0 aliphatic rings. The second-order valence-electron chi connectivity index (χ2n) is 9.01. The van der Waals surface area contributed by atoms with Gasteiger partial charge in [-0.3, -0.25) is 9.69 Å². The third kappa shape index (κ3) is 4.44. The average molecular weight is 421 g/mol. The van der Waals surface area contributed by atoms with Crippen molar-refractivity contribution in [2.45, 2.75) is 59.8 Å². The number of aromatic nitrogens is 5. The summed E-state index contributed by atoms with van der Waals surface area (Å²) in [6.07, 6.45) is 1.65. The van der Waals surface area contributed by atoms with Crippen LogP contribution in [0.2, 0.25) is 0 Å². The largest absolute Gasteiger partial charge is 0.468 e. The highest BCUT2D eigenvalue weighted by Gasteiger charge is 2.22. The van der Waals surface area contributed by atoms with Gasteiger partial charge in [-0.2, -0.15) is 0 Å². The van der Waals surface area contributed by atoms with Crippen molar-refractivity contribution >= 4 is 10.9 Å². The van der Waals surface area contributed by atoms with E-state index in [1.54, 1.807) is 6.26 Å². The fourth-order valence-electron chi connectivity index (χ4n) is 3.79. The van der Waals surface area contributed by atoms with Crippen LogP contribution in [0.25, 0.3) is 10.9 Å². The van der Waals surface area contributed by atoms with Gasteiger partial charge in [0.25, 0.3) is 5.56 Å². The molecule has 1 N–H and O–H groups in total. The van der Waals surface area contributed by atoms with Crippen LogP contribution >= 0.6 is 0 Å². The number of benzene rings is 1. The highest BCUT2D eigenvalue weighted by molar-refractivity contribution is 5.85. The van der Waals surface area contributed by atoms with Crippen LogP contribution in [0, 0.1) is 13.8 Å². The summed E-state index contributed by atoms with van der Waals surface area (Å²) in [5.41, 5.74) is 3.45. The third-order valence-corrected chi connectivity index (χ3v) is 5.41. The summed E-state index contributed by atoms with van der Waals surface area (Å²) in [5.74, 6) is 1.56. The Morgan fingerprint density at radius 2 is 1.87 bits per heavy atom. The number of aromatic amines is 1. The normalized spacial score (nSPS) is 12.2. The van der Waals surface area contributed by atoms with Gasteiger partial charge in [-0.1, -0.05) is 12.1 Å². The minimum atomic E-state index is -0.246. The molecule has 3 aromatic heterocycles. The first-order valence-electron chi connectivity index (χ1n) is 10.4. The molecule has 0 unspecified atom stereocenters. The Kier molecular flexibility index (Phi) is 5.49. The lowest BCUT2D eigenvalue weighted by Gasteiger charge is -2.24. The first-order chi connectivity index (χ1) is 14.7. The quantitative estimate of drug-likeness (QED) is 0.511. The SMILES string of the molecule is Cc1ccc(C)c2[nH]c(=O)c(CN(Cc3ccco3)Cc3nnnn3C(C)(C)C)cc12. The first kappa shape index (κ1) is 21.0. The molecule has 1 aromatic carbocycles. The molecule has 3 heterocycles. The average Bonchev–Trinajstić information content (AvgIpc) is 3.37. The number of hydrogen-bond acceptors (Lipinski definition) is 6. The van der Waals surface area contributed by atoms with E-state index in [9.17, 15) is 4.79 Å². The molecule has 0 bridgehead atoms. The first-order valence-corrected chi connectivity index (χ1v) is 10.4. The molecule has 8 heteroatoms. The molecule has 0 spiro atoms. The highest BCUT2D eigenvalue weighted by Crippen LogP contribution is 2.21. The predicted octanol–water partition coefficient (Wildman–Crippen LogP) is 3.68. The van der Waals surface area contributed by atoms with Crippen LogP contribution in [0.4, 0.5) is 0 Å². The molecule has 8 nitrogen and oxygen atoms in total. The molecule has 0 radical (unpaired) electrons. The van der Waals surface area contributed by atoms with Crippen LogP contribution in [0.3, 0.4) is 0 Å². The van der Waals surface area contributed by atoms with Crippen molar-refractivity contribution < 1.29 is 4.42 Å². The molecule has 0 aliphatic carbocycles. The zero-order valence-corrected chi connectivity index (χ0v) is 18.6. The third-order valence-electron chi connectivity index (χ3n) is 5.41. The van der Waals surface area contributed by atoms with Gasteiger partial charge in [0.15, 0.2) is 5.82 Å². The number of furan rings is 1. The van der Waals surface area contributed by atoms with Crippen LogP contribution in [-0.4, -0.2) is 30.1 Å². The zero-order valence-electron chi connectivity index (χ0n) is 18.6. The van der Waals surface area contributed by atoms with E-state index in [0.29, 0.717) is 25.2 Å². The minimum Gasteiger partial charge on any atom is -0.468 e. The molecule has 0 atom stereocenters. The molecule has 0 saturated heterocycles. The van der Waals surface area contributed by atoms with Crippen molar-refractivity contribution in [3.8, 4) is 0 Å². The molecule has 4 rings (SSSR count). The fraction of sp³-hybridized carbons (Fsp3) is 0.391. The monoisotopic (exact) mass is 420 g/mol. The van der Waals surface area contributed by atoms with Gasteiger partial charge < -0.3 is 9.40 Å². The van der Waals surface area contributed by atoms with Crippen molar-refractivity contribution in [3.63, 3.8) is 0 Å². The van der Waals surface area contributed by atoms with E-state index in [4.69, 9.17) is 4.42 Å². The molecule has 162 valence electrons. The summed E-state index contributed by atoms with van der Waals surface area (Å²) in [6, 6.07) is 9.90. The van der Waals surface area contributed by atoms with Gasteiger partial charge in [0.1, 0.15) is 5.76 Å². The van der Waals surface area contributed by atoms with Gasteiger partial charge in [-0.05, 0) is 74.4 Å². The zero-order chi connectivity index (χ0) is 22.2. The van der Waals surface area contributed by atoms with Crippen molar-refractivity contribution in [3.05, 3.63) is 75.2 Å².